The van der Waals surface area contributed by atoms with Crippen LogP contribution in [0, 0.1) is 23.2 Å². The summed E-state index contributed by atoms with van der Waals surface area (Å²) >= 11 is 0. The van der Waals surface area contributed by atoms with E-state index in [1.165, 1.54) is 58.1 Å². The number of hydrogen-bond acceptors (Lipinski definition) is 5. The molecule has 0 saturated heterocycles. The number of hydrogen-bond donors (Lipinski definition) is 0. The van der Waals surface area contributed by atoms with Gasteiger partial charge in [0.15, 0.2) is 0 Å². The third kappa shape index (κ3) is 3.90. The molecule has 0 spiro atoms. The van der Waals surface area contributed by atoms with Gasteiger partial charge in [-0.3, -0.25) is 4.98 Å². The number of nitrogens with zero attached hydrogens (tertiary/aromatic N) is 2. The Hall–Kier alpha value is -1.47. The van der Waals surface area contributed by atoms with E-state index in [4.69, 9.17) is 0 Å². The van der Waals surface area contributed by atoms with Crippen molar-refractivity contribution in [1.29, 1.82) is 0 Å². The molecule has 4 fully saturated rings. The molecule has 27 heavy (non-hydrogen) atoms. The highest BCUT2D eigenvalue weighted by atomic mass is 32.2. The van der Waals surface area contributed by atoms with Gasteiger partial charge in [0.05, 0.1) is 31.2 Å². The van der Waals surface area contributed by atoms with Gasteiger partial charge < -0.3 is 4.74 Å². The van der Waals surface area contributed by atoms with Gasteiger partial charge in [-0.05, 0) is 73.8 Å². The lowest BCUT2D eigenvalue weighted by Gasteiger charge is -2.57. The first-order chi connectivity index (χ1) is 12.8. The van der Waals surface area contributed by atoms with E-state index in [1.54, 1.807) is 16.4 Å². The lowest BCUT2D eigenvalue weighted by atomic mass is 9.49. The van der Waals surface area contributed by atoms with Gasteiger partial charge in [0.2, 0.25) is 10.0 Å². The second-order valence-corrected chi connectivity index (χ2v) is 11.0. The lowest BCUT2D eigenvalue weighted by Crippen LogP contribution is -2.51. The van der Waals surface area contributed by atoms with E-state index in [0.717, 1.165) is 17.8 Å². The maximum Gasteiger partial charge on any atom is 0.339 e. The maximum absolute atomic E-state index is 12.5. The second-order valence-electron chi connectivity index (χ2n) is 8.98. The first-order valence-electron chi connectivity index (χ1n) is 9.75. The molecule has 148 valence electrons. The van der Waals surface area contributed by atoms with Crippen LogP contribution in [-0.4, -0.2) is 43.6 Å². The van der Waals surface area contributed by atoms with E-state index < -0.39 is 16.0 Å². The number of carbonyl (C=O) groups is 1. The summed E-state index contributed by atoms with van der Waals surface area (Å²) in [5.41, 5.74) is 1.16. The van der Waals surface area contributed by atoms with Gasteiger partial charge in [-0.15, -0.1) is 0 Å². The van der Waals surface area contributed by atoms with E-state index in [0.29, 0.717) is 17.8 Å². The fourth-order valence-electron chi connectivity index (χ4n) is 6.09. The highest BCUT2D eigenvalue weighted by Crippen LogP contribution is 2.60. The molecule has 5 rings (SSSR count). The molecule has 0 atom stereocenters. The molecule has 1 aromatic heterocycles. The summed E-state index contributed by atoms with van der Waals surface area (Å²) in [6.07, 6.45) is 10.3. The van der Waals surface area contributed by atoms with Crippen LogP contribution in [0.4, 0.5) is 0 Å². The zero-order valence-electron chi connectivity index (χ0n) is 16.1. The number of esters is 1. The Kier molecular flexibility index (Phi) is 4.79. The standard InChI is InChI=1S/C20H28N2O4S/c1-26-19(23)17-3-4-18(21-11-17)12-22(27(2,24)25)13-20-8-14-5-15(9-20)7-16(6-14)10-20/h3-4,11,14-16H,5-10,12-13H2,1-2H3. The van der Waals surface area contributed by atoms with Crippen molar-refractivity contribution in [3.63, 3.8) is 0 Å². The minimum Gasteiger partial charge on any atom is -0.465 e. The van der Waals surface area contributed by atoms with E-state index in [1.807, 2.05) is 0 Å². The molecule has 0 aromatic carbocycles. The van der Waals surface area contributed by atoms with Crippen molar-refractivity contribution < 1.29 is 17.9 Å². The van der Waals surface area contributed by atoms with E-state index in [2.05, 4.69) is 9.72 Å². The van der Waals surface area contributed by atoms with Gasteiger partial charge in [-0.1, -0.05) is 0 Å². The predicted octanol–water partition coefficient (Wildman–Crippen LogP) is 2.85. The molecular weight excluding hydrogens is 364 g/mol. The average Bonchev–Trinajstić information content (AvgIpc) is 2.59. The van der Waals surface area contributed by atoms with Gasteiger partial charge in [0.1, 0.15) is 0 Å². The van der Waals surface area contributed by atoms with Crippen LogP contribution in [0.15, 0.2) is 18.3 Å². The first-order valence-corrected chi connectivity index (χ1v) is 11.6. The largest absolute Gasteiger partial charge is 0.465 e. The average molecular weight is 393 g/mol. The van der Waals surface area contributed by atoms with Crippen LogP contribution in [-0.2, 0) is 21.3 Å². The Balaban J connectivity index is 1.52. The summed E-state index contributed by atoms with van der Waals surface area (Å²) in [6.45, 7) is 0.845. The van der Waals surface area contributed by atoms with Gasteiger partial charge >= 0.3 is 5.97 Å². The summed E-state index contributed by atoms with van der Waals surface area (Å²) in [5.74, 6) is 1.92. The minimum atomic E-state index is -3.34. The first kappa shape index (κ1) is 18.9. The van der Waals surface area contributed by atoms with Crippen LogP contribution in [0.25, 0.3) is 0 Å². The highest BCUT2D eigenvalue weighted by Gasteiger charge is 2.51. The van der Waals surface area contributed by atoms with Crippen LogP contribution >= 0.6 is 0 Å². The fourth-order valence-corrected chi connectivity index (χ4v) is 6.96. The number of methoxy groups -OCH3 is 1. The molecule has 0 radical (unpaired) electrons. The number of rotatable bonds is 6. The van der Waals surface area contributed by atoms with Crippen LogP contribution in [0.3, 0.4) is 0 Å². The monoisotopic (exact) mass is 392 g/mol. The topological polar surface area (TPSA) is 76.6 Å². The summed E-state index contributed by atoms with van der Waals surface area (Å²) in [4.78, 5) is 15.8. The molecule has 0 unspecified atom stereocenters. The van der Waals surface area contributed by atoms with Crippen molar-refractivity contribution in [1.82, 2.24) is 9.29 Å². The molecule has 0 N–H and O–H groups in total. The number of carbonyl (C=O) groups excluding carboxylic acids is 1. The fraction of sp³-hybridized carbons (Fsp3) is 0.700. The minimum absolute atomic E-state index is 0.143. The molecule has 0 amide bonds. The van der Waals surface area contributed by atoms with Crippen molar-refractivity contribution in [2.24, 2.45) is 23.2 Å². The Labute approximate surface area is 161 Å². The van der Waals surface area contributed by atoms with Crippen molar-refractivity contribution in [2.45, 2.75) is 45.1 Å². The third-order valence-corrected chi connectivity index (χ3v) is 7.93. The molecule has 4 aliphatic rings. The molecule has 1 heterocycles. The van der Waals surface area contributed by atoms with Crippen molar-refractivity contribution in [2.75, 3.05) is 19.9 Å². The van der Waals surface area contributed by atoms with Crippen LogP contribution in [0.1, 0.15) is 54.6 Å². The van der Waals surface area contributed by atoms with E-state index in [9.17, 15) is 13.2 Å². The molecule has 7 heteroatoms. The molecule has 1 aromatic rings. The normalized spacial score (nSPS) is 32.0. The van der Waals surface area contributed by atoms with E-state index in [-0.39, 0.29) is 12.0 Å². The Morgan fingerprint density at radius 3 is 2.22 bits per heavy atom. The number of pyridine rings is 1. The maximum atomic E-state index is 12.5. The van der Waals surface area contributed by atoms with Crippen LogP contribution < -0.4 is 0 Å². The molecule has 0 aliphatic heterocycles. The SMILES string of the molecule is COC(=O)c1ccc(CN(CC23CC4CC(CC(C4)C2)C3)S(C)(=O)=O)nc1. The van der Waals surface area contributed by atoms with Crippen LogP contribution in [0.2, 0.25) is 0 Å². The predicted molar refractivity (Wildman–Crippen MR) is 101 cm³/mol. The zero-order chi connectivity index (χ0) is 19.2. The Morgan fingerprint density at radius 1 is 1.19 bits per heavy atom. The molecule has 4 bridgehead atoms. The summed E-state index contributed by atoms with van der Waals surface area (Å²) in [7, 11) is -2.01. The summed E-state index contributed by atoms with van der Waals surface area (Å²) in [6, 6.07) is 3.35. The third-order valence-electron chi connectivity index (χ3n) is 6.73. The molecule has 4 aliphatic carbocycles. The number of aromatic nitrogens is 1. The van der Waals surface area contributed by atoms with E-state index >= 15 is 0 Å². The zero-order valence-corrected chi connectivity index (χ0v) is 16.9. The van der Waals surface area contributed by atoms with Gasteiger partial charge in [-0.2, -0.15) is 4.31 Å². The Morgan fingerprint density at radius 2 is 1.78 bits per heavy atom. The smallest absolute Gasteiger partial charge is 0.339 e. The highest BCUT2D eigenvalue weighted by molar-refractivity contribution is 7.88. The molecule has 6 nitrogen and oxygen atoms in total. The summed E-state index contributed by atoms with van der Waals surface area (Å²) in [5, 5.41) is 0. The number of ether oxygens (including phenoxy) is 1. The van der Waals surface area contributed by atoms with Gasteiger partial charge in [-0.25, -0.2) is 13.2 Å². The Bertz CT molecular complexity index is 784. The quantitative estimate of drug-likeness (QED) is 0.696. The molecular formula is C20H28N2O4S. The second kappa shape index (κ2) is 6.85. The van der Waals surface area contributed by atoms with Crippen LogP contribution in [0.5, 0.6) is 0 Å². The van der Waals surface area contributed by atoms with Crippen molar-refractivity contribution in [3.05, 3.63) is 29.6 Å². The lowest BCUT2D eigenvalue weighted by molar-refractivity contribution is -0.0607. The van der Waals surface area contributed by atoms with Crippen molar-refractivity contribution in [3.8, 4) is 0 Å². The summed E-state index contributed by atoms with van der Waals surface area (Å²) < 4.78 is 31.3. The number of sulfonamides is 1. The van der Waals surface area contributed by atoms with Gasteiger partial charge in [0.25, 0.3) is 0 Å². The van der Waals surface area contributed by atoms with Gasteiger partial charge in [0, 0.05) is 12.7 Å². The molecule has 4 saturated carbocycles. The van der Waals surface area contributed by atoms with Crippen molar-refractivity contribution >= 4 is 16.0 Å².